The number of hydrogen-bond donors (Lipinski definition) is 1. The normalized spacial score (nSPS) is 11.5. The molecule has 0 spiro atoms. The Morgan fingerprint density at radius 3 is 2.25 bits per heavy atom. The van der Waals surface area contributed by atoms with Gasteiger partial charge in [0.05, 0.1) is 0 Å². The summed E-state index contributed by atoms with van der Waals surface area (Å²) in [5, 5.41) is 9.25. The Balaban J connectivity index is 3.53. The van der Waals surface area contributed by atoms with Gasteiger partial charge in [0, 0.05) is 6.26 Å². The molecule has 0 amide bonds. The van der Waals surface area contributed by atoms with Gasteiger partial charge >= 0.3 is 0 Å². The molecule has 1 aromatic carbocycles. The van der Waals surface area contributed by atoms with Gasteiger partial charge in [-0.15, -0.1) is 0 Å². The SMILES string of the molecule is Cc1cccc(O)c1S(C)(=O)=O. The van der Waals surface area contributed by atoms with Crippen LogP contribution in [0.15, 0.2) is 23.1 Å². The van der Waals surface area contributed by atoms with E-state index < -0.39 is 9.84 Å². The summed E-state index contributed by atoms with van der Waals surface area (Å²) in [6.45, 7) is 1.65. The van der Waals surface area contributed by atoms with Crippen LogP contribution in [0.1, 0.15) is 5.56 Å². The van der Waals surface area contributed by atoms with Gasteiger partial charge in [-0.05, 0) is 18.6 Å². The molecule has 0 aliphatic rings. The summed E-state index contributed by atoms with van der Waals surface area (Å²) in [5.41, 5.74) is 0.567. The van der Waals surface area contributed by atoms with E-state index in [9.17, 15) is 13.5 Å². The largest absolute Gasteiger partial charge is 0.507 e. The molecule has 12 heavy (non-hydrogen) atoms. The first kappa shape index (κ1) is 9.06. The van der Waals surface area contributed by atoms with E-state index in [1.54, 1.807) is 19.1 Å². The van der Waals surface area contributed by atoms with E-state index in [-0.39, 0.29) is 10.6 Å². The highest BCUT2D eigenvalue weighted by Crippen LogP contribution is 2.25. The minimum Gasteiger partial charge on any atom is -0.507 e. The van der Waals surface area contributed by atoms with E-state index in [1.165, 1.54) is 6.07 Å². The first-order valence-electron chi connectivity index (χ1n) is 3.41. The number of aromatic hydroxyl groups is 1. The molecule has 0 bridgehead atoms. The summed E-state index contributed by atoms with van der Waals surface area (Å²) in [6, 6.07) is 4.62. The van der Waals surface area contributed by atoms with E-state index >= 15 is 0 Å². The van der Waals surface area contributed by atoms with Crippen LogP contribution in [0.5, 0.6) is 5.75 Å². The van der Waals surface area contributed by atoms with Crippen LogP contribution < -0.4 is 0 Å². The molecule has 66 valence electrons. The second kappa shape index (κ2) is 2.79. The number of rotatable bonds is 1. The van der Waals surface area contributed by atoms with Crippen molar-refractivity contribution in [3.05, 3.63) is 23.8 Å². The Morgan fingerprint density at radius 1 is 1.33 bits per heavy atom. The Kier molecular flexibility index (Phi) is 2.10. The molecular formula is C8H10O3S. The van der Waals surface area contributed by atoms with Crippen LogP contribution in [0.4, 0.5) is 0 Å². The van der Waals surface area contributed by atoms with Gasteiger partial charge in [-0.25, -0.2) is 8.42 Å². The van der Waals surface area contributed by atoms with Crippen LogP contribution in [-0.2, 0) is 9.84 Å². The van der Waals surface area contributed by atoms with Gasteiger partial charge in [-0.2, -0.15) is 0 Å². The fourth-order valence-corrected chi connectivity index (χ4v) is 2.22. The maximum absolute atomic E-state index is 11.1. The Hall–Kier alpha value is -1.03. The third kappa shape index (κ3) is 1.58. The average molecular weight is 186 g/mol. The summed E-state index contributed by atoms with van der Waals surface area (Å²) < 4.78 is 22.2. The summed E-state index contributed by atoms with van der Waals surface area (Å²) >= 11 is 0. The second-order valence-corrected chi connectivity index (χ2v) is 4.65. The van der Waals surface area contributed by atoms with E-state index in [1.807, 2.05) is 0 Å². The molecule has 3 nitrogen and oxygen atoms in total. The summed E-state index contributed by atoms with van der Waals surface area (Å²) in [4.78, 5) is 0.0185. The zero-order valence-electron chi connectivity index (χ0n) is 6.90. The maximum Gasteiger partial charge on any atom is 0.179 e. The smallest absolute Gasteiger partial charge is 0.179 e. The Labute approximate surface area is 71.6 Å². The molecule has 0 atom stereocenters. The van der Waals surface area contributed by atoms with Crippen LogP contribution in [0.3, 0.4) is 0 Å². The van der Waals surface area contributed by atoms with Crippen LogP contribution in [0.25, 0.3) is 0 Å². The van der Waals surface area contributed by atoms with Gasteiger partial charge in [0.2, 0.25) is 0 Å². The quantitative estimate of drug-likeness (QED) is 0.714. The van der Waals surface area contributed by atoms with E-state index in [4.69, 9.17) is 0 Å². The molecule has 0 aromatic heterocycles. The van der Waals surface area contributed by atoms with Crippen molar-refractivity contribution in [1.82, 2.24) is 0 Å². The molecule has 0 aliphatic heterocycles. The number of phenols is 1. The van der Waals surface area contributed by atoms with Crippen molar-refractivity contribution >= 4 is 9.84 Å². The lowest BCUT2D eigenvalue weighted by molar-refractivity contribution is 0.458. The molecule has 0 heterocycles. The van der Waals surface area contributed by atoms with E-state index in [0.29, 0.717) is 5.56 Å². The van der Waals surface area contributed by atoms with Crippen LogP contribution in [-0.4, -0.2) is 19.8 Å². The number of phenolic OH excluding ortho intramolecular Hbond substituents is 1. The Morgan fingerprint density at radius 2 is 1.92 bits per heavy atom. The second-order valence-electron chi connectivity index (χ2n) is 2.70. The van der Waals surface area contributed by atoms with E-state index in [0.717, 1.165) is 6.26 Å². The van der Waals surface area contributed by atoms with Crippen molar-refractivity contribution in [2.45, 2.75) is 11.8 Å². The van der Waals surface area contributed by atoms with Crippen molar-refractivity contribution in [2.24, 2.45) is 0 Å². The third-order valence-corrected chi connectivity index (χ3v) is 2.83. The molecular weight excluding hydrogens is 176 g/mol. The van der Waals surface area contributed by atoms with Crippen LogP contribution in [0.2, 0.25) is 0 Å². The zero-order valence-corrected chi connectivity index (χ0v) is 7.72. The molecule has 1 aromatic rings. The molecule has 1 N–H and O–H groups in total. The van der Waals surface area contributed by atoms with Crippen molar-refractivity contribution in [1.29, 1.82) is 0 Å². The van der Waals surface area contributed by atoms with Gasteiger partial charge < -0.3 is 5.11 Å². The van der Waals surface area contributed by atoms with Crippen molar-refractivity contribution < 1.29 is 13.5 Å². The highest BCUT2D eigenvalue weighted by atomic mass is 32.2. The first-order valence-corrected chi connectivity index (χ1v) is 5.30. The summed E-state index contributed by atoms with van der Waals surface area (Å²) in [7, 11) is -3.31. The van der Waals surface area contributed by atoms with Gasteiger partial charge in [0.15, 0.2) is 9.84 Å². The fourth-order valence-electron chi connectivity index (χ4n) is 1.12. The summed E-state index contributed by atoms with van der Waals surface area (Å²) in [6.07, 6.45) is 1.08. The number of hydrogen-bond acceptors (Lipinski definition) is 3. The predicted molar refractivity (Wildman–Crippen MR) is 46.0 cm³/mol. The standard InChI is InChI=1S/C8H10O3S/c1-6-4-3-5-7(9)8(6)12(2,10)11/h3-5,9H,1-2H3. The Bertz CT molecular complexity index is 373. The third-order valence-electron chi connectivity index (χ3n) is 1.56. The number of aryl methyl sites for hydroxylation is 1. The van der Waals surface area contributed by atoms with Crippen molar-refractivity contribution in [3.8, 4) is 5.75 Å². The highest BCUT2D eigenvalue weighted by Gasteiger charge is 2.14. The number of sulfone groups is 1. The molecule has 4 heteroatoms. The fraction of sp³-hybridized carbons (Fsp3) is 0.250. The van der Waals surface area contributed by atoms with Gasteiger partial charge in [-0.3, -0.25) is 0 Å². The van der Waals surface area contributed by atoms with Gasteiger partial charge in [-0.1, -0.05) is 12.1 Å². The molecule has 0 fully saturated rings. The van der Waals surface area contributed by atoms with Crippen molar-refractivity contribution in [2.75, 3.05) is 6.26 Å². The van der Waals surface area contributed by atoms with Gasteiger partial charge in [0.1, 0.15) is 10.6 Å². The molecule has 0 saturated heterocycles. The van der Waals surface area contributed by atoms with Crippen LogP contribution >= 0.6 is 0 Å². The summed E-state index contributed by atoms with van der Waals surface area (Å²) in [5.74, 6) is -0.183. The lowest BCUT2D eigenvalue weighted by Gasteiger charge is -2.04. The predicted octanol–water partition coefficient (Wildman–Crippen LogP) is 1.10. The van der Waals surface area contributed by atoms with Gasteiger partial charge in [0.25, 0.3) is 0 Å². The zero-order chi connectivity index (χ0) is 9.35. The van der Waals surface area contributed by atoms with Crippen LogP contribution in [0, 0.1) is 6.92 Å². The molecule has 0 unspecified atom stereocenters. The first-order chi connectivity index (χ1) is 5.43. The minimum absolute atomic E-state index is 0.0185. The highest BCUT2D eigenvalue weighted by molar-refractivity contribution is 7.90. The van der Waals surface area contributed by atoms with Crippen molar-refractivity contribution in [3.63, 3.8) is 0 Å². The average Bonchev–Trinajstić information content (AvgIpc) is 1.82. The molecule has 1 rings (SSSR count). The molecule has 0 radical (unpaired) electrons. The lowest BCUT2D eigenvalue weighted by atomic mass is 10.2. The topological polar surface area (TPSA) is 54.4 Å². The monoisotopic (exact) mass is 186 g/mol. The molecule has 0 aliphatic carbocycles. The minimum atomic E-state index is -3.31. The number of benzene rings is 1. The molecule has 0 saturated carbocycles. The lowest BCUT2D eigenvalue weighted by Crippen LogP contribution is -1.99. The van der Waals surface area contributed by atoms with E-state index in [2.05, 4.69) is 0 Å². The maximum atomic E-state index is 11.1.